The van der Waals surface area contributed by atoms with Gasteiger partial charge in [0.2, 0.25) is 0 Å². The second kappa shape index (κ2) is 9.12. The van der Waals surface area contributed by atoms with Gasteiger partial charge in [-0.1, -0.05) is 0 Å². The average molecular weight is 330 g/mol. The number of hydrogen-bond donors (Lipinski definition) is 4. The van der Waals surface area contributed by atoms with E-state index in [4.69, 9.17) is 21.7 Å². The maximum Gasteiger partial charge on any atom is 0.0558 e. The van der Waals surface area contributed by atoms with Crippen molar-refractivity contribution in [1.82, 2.24) is 4.90 Å². The second-order valence-corrected chi connectivity index (χ2v) is 5.62. The van der Waals surface area contributed by atoms with Crippen LogP contribution in [0.4, 0.5) is 22.7 Å². The number of benzene rings is 2. The molecule has 0 saturated carbocycles. The predicted molar refractivity (Wildman–Crippen MR) is 99.3 cm³/mol. The molecule has 0 unspecified atom stereocenters. The second-order valence-electron chi connectivity index (χ2n) is 5.62. The molecule has 0 spiro atoms. The first-order chi connectivity index (χ1) is 11.6. The highest BCUT2D eigenvalue weighted by atomic mass is 16.3. The molecule has 0 heterocycles. The fraction of sp³-hybridized carbons (Fsp3) is 0.333. The molecule has 0 aliphatic carbocycles. The molecule has 0 aliphatic rings. The van der Waals surface area contributed by atoms with Crippen LogP contribution in [0.1, 0.15) is 0 Å². The van der Waals surface area contributed by atoms with Crippen LogP contribution in [0.3, 0.4) is 0 Å². The van der Waals surface area contributed by atoms with E-state index >= 15 is 0 Å². The van der Waals surface area contributed by atoms with Crippen molar-refractivity contribution in [1.29, 1.82) is 0 Å². The summed E-state index contributed by atoms with van der Waals surface area (Å²) < 4.78 is 0. The van der Waals surface area contributed by atoms with Gasteiger partial charge in [-0.3, -0.25) is 4.90 Å². The highest BCUT2D eigenvalue weighted by Gasteiger charge is 2.12. The summed E-state index contributed by atoms with van der Waals surface area (Å²) in [5.41, 5.74) is 15.1. The summed E-state index contributed by atoms with van der Waals surface area (Å²) in [4.78, 5) is 4.20. The van der Waals surface area contributed by atoms with Gasteiger partial charge >= 0.3 is 0 Å². The van der Waals surface area contributed by atoms with Crippen LogP contribution in [0.15, 0.2) is 48.5 Å². The van der Waals surface area contributed by atoms with Crippen molar-refractivity contribution in [2.75, 3.05) is 55.8 Å². The molecule has 0 saturated heterocycles. The van der Waals surface area contributed by atoms with Gasteiger partial charge in [0, 0.05) is 48.9 Å². The molecule has 0 aliphatic heterocycles. The first-order valence-electron chi connectivity index (χ1n) is 8.06. The lowest BCUT2D eigenvalue weighted by atomic mass is 10.2. The van der Waals surface area contributed by atoms with Crippen LogP contribution in [-0.4, -0.2) is 54.5 Å². The minimum Gasteiger partial charge on any atom is -0.399 e. The quantitative estimate of drug-likeness (QED) is 0.517. The zero-order valence-corrected chi connectivity index (χ0v) is 13.8. The molecular weight excluding hydrogens is 304 g/mol. The Morgan fingerprint density at radius 3 is 1.42 bits per heavy atom. The highest BCUT2D eigenvalue weighted by molar-refractivity contribution is 5.66. The Balaban J connectivity index is 2.19. The van der Waals surface area contributed by atoms with E-state index in [-0.39, 0.29) is 13.2 Å². The Morgan fingerprint density at radius 2 is 1.04 bits per heavy atom. The van der Waals surface area contributed by atoms with E-state index in [0.717, 1.165) is 29.3 Å². The fourth-order valence-corrected chi connectivity index (χ4v) is 2.58. The Labute approximate surface area is 142 Å². The van der Waals surface area contributed by atoms with E-state index in [1.807, 2.05) is 53.4 Å². The lowest BCUT2D eigenvalue weighted by molar-refractivity contribution is 0.164. The Morgan fingerprint density at radius 1 is 0.625 bits per heavy atom. The first-order valence-corrected chi connectivity index (χ1v) is 8.06. The van der Waals surface area contributed by atoms with Crippen LogP contribution in [0.5, 0.6) is 0 Å². The van der Waals surface area contributed by atoms with Crippen LogP contribution in [0.25, 0.3) is 0 Å². The normalized spacial score (nSPS) is 11.0. The van der Waals surface area contributed by atoms with Gasteiger partial charge in [0.25, 0.3) is 0 Å². The zero-order chi connectivity index (χ0) is 17.4. The Hall–Kier alpha value is -2.28. The molecule has 2 rings (SSSR count). The van der Waals surface area contributed by atoms with Gasteiger partial charge < -0.3 is 26.6 Å². The number of nitrogens with two attached hydrogens (primary N) is 2. The standard InChI is InChI=1S/C18H26N4O2/c19-15-1-5-17(6-2-15)22(18-7-3-16(20)4-8-18)10-9-21(11-13-23)12-14-24/h1-8,23-24H,9-14,19-20H2. The number of aliphatic hydroxyl groups is 2. The number of nitrogens with zero attached hydrogens (tertiary/aromatic N) is 2. The summed E-state index contributed by atoms with van der Waals surface area (Å²) in [5, 5.41) is 18.3. The molecule has 0 fully saturated rings. The van der Waals surface area contributed by atoms with E-state index in [1.165, 1.54) is 0 Å². The summed E-state index contributed by atoms with van der Waals surface area (Å²) in [6.07, 6.45) is 0. The maximum atomic E-state index is 9.16. The molecule has 0 amide bonds. The largest absolute Gasteiger partial charge is 0.399 e. The van der Waals surface area contributed by atoms with Crippen molar-refractivity contribution in [3.63, 3.8) is 0 Å². The SMILES string of the molecule is Nc1ccc(N(CCN(CCO)CCO)c2ccc(N)cc2)cc1. The average Bonchev–Trinajstić information content (AvgIpc) is 2.58. The molecule has 24 heavy (non-hydrogen) atoms. The molecule has 0 atom stereocenters. The maximum absolute atomic E-state index is 9.16. The molecule has 0 aromatic heterocycles. The summed E-state index contributed by atoms with van der Waals surface area (Å²) in [6.45, 7) is 2.66. The minimum absolute atomic E-state index is 0.0732. The zero-order valence-electron chi connectivity index (χ0n) is 13.8. The lowest BCUT2D eigenvalue weighted by Crippen LogP contribution is -2.36. The molecule has 0 radical (unpaired) electrons. The van der Waals surface area contributed by atoms with Crippen molar-refractivity contribution < 1.29 is 10.2 Å². The Bertz CT molecular complexity index is 550. The van der Waals surface area contributed by atoms with E-state index < -0.39 is 0 Å². The number of anilines is 4. The Kier molecular flexibility index (Phi) is 6.87. The third kappa shape index (κ3) is 5.13. The predicted octanol–water partition coefficient (Wildman–Crippen LogP) is 1.28. The number of hydrogen-bond acceptors (Lipinski definition) is 6. The number of aliphatic hydroxyl groups excluding tert-OH is 2. The summed E-state index contributed by atoms with van der Waals surface area (Å²) in [7, 11) is 0. The molecule has 130 valence electrons. The van der Waals surface area contributed by atoms with Gasteiger partial charge in [-0.2, -0.15) is 0 Å². The van der Waals surface area contributed by atoms with Gasteiger partial charge in [0.15, 0.2) is 0 Å². The topological polar surface area (TPSA) is 99.0 Å². The van der Waals surface area contributed by atoms with Crippen LogP contribution in [-0.2, 0) is 0 Å². The van der Waals surface area contributed by atoms with Crippen molar-refractivity contribution in [2.45, 2.75) is 0 Å². The van der Waals surface area contributed by atoms with Gasteiger partial charge in [-0.15, -0.1) is 0 Å². The number of nitrogen functional groups attached to an aromatic ring is 2. The summed E-state index contributed by atoms with van der Waals surface area (Å²) in [5.74, 6) is 0. The van der Waals surface area contributed by atoms with Crippen LogP contribution >= 0.6 is 0 Å². The molecular formula is C18H26N4O2. The van der Waals surface area contributed by atoms with E-state index in [9.17, 15) is 0 Å². The summed E-state index contributed by atoms with van der Waals surface area (Å²) >= 11 is 0. The van der Waals surface area contributed by atoms with Crippen molar-refractivity contribution in [3.05, 3.63) is 48.5 Å². The van der Waals surface area contributed by atoms with Crippen molar-refractivity contribution in [3.8, 4) is 0 Å². The molecule has 6 nitrogen and oxygen atoms in total. The molecule has 0 bridgehead atoms. The molecule has 2 aromatic carbocycles. The minimum atomic E-state index is 0.0732. The van der Waals surface area contributed by atoms with Crippen LogP contribution in [0.2, 0.25) is 0 Å². The third-order valence-corrected chi connectivity index (χ3v) is 3.88. The van der Waals surface area contributed by atoms with Gasteiger partial charge in [0.1, 0.15) is 0 Å². The number of rotatable bonds is 9. The van der Waals surface area contributed by atoms with Crippen LogP contribution < -0.4 is 16.4 Å². The molecule has 6 N–H and O–H groups in total. The fourth-order valence-electron chi connectivity index (χ4n) is 2.58. The van der Waals surface area contributed by atoms with Crippen LogP contribution in [0, 0.1) is 0 Å². The van der Waals surface area contributed by atoms with Crippen molar-refractivity contribution >= 4 is 22.7 Å². The van der Waals surface area contributed by atoms with Gasteiger partial charge in [0.05, 0.1) is 13.2 Å². The summed E-state index contributed by atoms with van der Waals surface area (Å²) in [6, 6.07) is 15.4. The van der Waals surface area contributed by atoms with Gasteiger partial charge in [-0.05, 0) is 48.5 Å². The van der Waals surface area contributed by atoms with E-state index in [0.29, 0.717) is 19.6 Å². The lowest BCUT2D eigenvalue weighted by Gasteiger charge is -2.29. The first kappa shape index (κ1) is 18.1. The van der Waals surface area contributed by atoms with Crippen molar-refractivity contribution in [2.24, 2.45) is 0 Å². The molecule has 6 heteroatoms. The monoisotopic (exact) mass is 330 g/mol. The third-order valence-electron chi connectivity index (χ3n) is 3.88. The van der Waals surface area contributed by atoms with E-state index in [1.54, 1.807) is 0 Å². The smallest absolute Gasteiger partial charge is 0.0558 e. The van der Waals surface area contributed by atoms with Gasteiger partial charge in [-0.25, -0.2) is 0 Å². The molecule has 2 aromatic rings. The van der Waals surface area contributed by atoms with E-state index in [2.05, 4.69) is 4.90 Å². The highest BCUT2D eigenvalue weighted by Crippen LogP contribution is 2.26.